The van der Waals surface area contributed by atoms with E-state index in [1.165, 1.54) is 5.56 Å². The van der Waals surface area contributed by atoms with Crippen molar-refractivity contribution in [2.75, 3.05) is 0 Å². The van der Waals surface area contributed by atoms with Crippen LogP contribution in [0.25, 0.3) is 11.0 Å². The SMILES string of the molecule is Cc1ccc2on[c]c2c1. The van der Waals surface area contributed by atoms with Gasteiger partial charge in [0.2, 0.25) is 0 Å². The molecule has 0 aliphatic rings. The van der Waals surface area contributed by atoms with Gasteiger partial charge in [0.1, 0.15) is 6.20 Å². The molecule has 1 aromatic carbocycles. The van der Waals surface area contributed by atoms with Gasteiger partial charge in [-0.25, -0.2) is 0 Å². The molecule has 0 aliphatic heterocycles. The van der Waals surface area contributed by atoms with Crippen molar-refractivity contribution in [3.63, 3.8) is 0 Å². The number of fused-ring (bicyclic) bond motifs is 1. The molecule has 10 heavy (non-hydrogen) atoms. The quantitative estimate of drug-likeness (QED) is 0.547. The van der Waals surface area contributed by atoms with Crippen molar-refractivity contribution < 1.29 is 4.52 Å². The predicted octanol–water partition coefficient (Wildman–Crippen LogP) is 1.94. The molecule has 0 bridgehead atoms. The van der Waals surface area contributed by atoms with Gasteiger partial charge in [-0.15, -0.1) is 0 Å². The van der Waals surface area contributed by atoms with Gasteiger partial charge in [-0.1, -0.05) is 16.8 Å². The van der Waals surface area contributed by atoms with Crippen LogP contribution in [0.2, 0.25) is 0 Å². The van der Waals surface area contributed by atoms with Crippen molar-refractivity contribution in [2.45, 2.75) is 6.92 Å². The number of rotatable bonds is 0. The molecule has 1 heterocycles. The zero-order valence-electron chi connectivity index (χ0n) is 5.59. The molecule has 0 aliphatic carbocycles. The lowest BCUT2D eigenvalue weighted by Gasteiger charge is -1.87. The maximum Gasteiger partial charge on any atom is 0.167 e. The molecule has 0 saturated carbocycles. The van der Waals surface area contributed by atoms with Crippen LogP contribution in [0, 0.1) is 13.1 Å². The van der Waals surface area contributed by atoms with Gasteiger partial charge in [-0.05, 0) is 19.1 Å². The standard InChI is InChI=1S/C8H6NO/c1-6-2-3-8-7(4-6)5-9-10-8/h2-4H,1H3. The molecule has 2 rings (SSSR count). The highest BCUT2D eigenvalue weighted by Crippen LogP contribution is 2.13. The monoisotopic (exact) mass is 132 g/mol. The minimum absolute atomic E-state index is 0.797. The first-order chi connectivity index (χ1) is 4.86. The summed E-state index contributed by atoms with van der Waals surface area (Å²) in [4.78, 5) is 0. The zero-order valence-corrected chi connectivity index (χ0v) is 5.59. The minimum atomic E-state index is 0.797. The smallest absolute Gasteiger partial charge is 0.167 e. The maximum absolute atomic E-state index is 4.87. The lowest BCUT2D eigenvalue weighted by Crippen LogP contribution is -1.68. The van der Waals surface area contributed by atoms with Gasteiger partial charge in [0.05, 0.1) is 5.39 Å². The Kier molecular flexibility index (Phi) is 1.01. The van der Waals surface area contributed by atoms with E-state index in [1.807, 2.05) is 25.1 Å². The maximum atomic E-state index is 4.87. The number of aryl methyl sites for hydroxylation is 1. The van der Waals surface area contributed by atoms with Crippen LogP contribution in [0.15, 0.2) is 22.7 Å². The Morgan fingerprint density at radius 3 is 3.30 bits per heavy atom. The Morgan fingerprint density at radius 1 is 1.50 bits per heavy atom. The van der Waals surface area contributed by atoms with E-state index in [9.17, 15) is 0 Å². The van der Waals surface area contributed by atoms with Crippen LogP contribution < -0.4 is 0 Å². The molecule has 1 aromatic heterocycles. The van der Waals surface area contributed by atoms with E-state index in [4.69, 9.17) is 4.52 Å². The van der Waals surface area contributed by atoms with Gasteiger partial charge in [0.25, 0.3) is 0 Å². The highest BCUT2D eigenvalue weighted by Gasteiger charge is 1.96. The Morgan fingerprint density at radius 2 is 2.40 bits per heavy atom. The van der Waals surface area contributed by atoms with E-state index in [0.29, 0.717) is 0 Å². The van der Waals surface area contributed by atoms with Crippen LogP contribution in [-0.4, -0.2) is 5.16 Å². The fourth-order valence-corrected chi connectivity index (χ4v) is 0.932. The summed E-state index contributed by atoms with van der Waals surface area (Å²) >= 11 is 0. The molecular weight excluding hydrogens is 126 g/mol. The van der Waals surface area contributed by atoms with E-state index in [1.54, 1.807) is 0 Å². The molecule has 0 unspecified atom stereocenters. The molecule has 2 nitrogen and oxygen atoms in total. The topological polar surface area (TPSA) is 26.0 Å². The summed E-state index contributed by atoms with van der Waals surface area (Å²) < 4.78 is 4.87. The van der Waals surface area contributed by atoms with E-state index in [2.05, 4.69) is 11.4 Å². The Balaban J connectivity index is 2.86. The third-order valence-electron chi connectivity index (χ3n) is 1.45. The molecular formula is C8H6NO. The molecule has 0 amide bonds. The predicted molar refractivity (Wildman–Crippen MR) is 37.6 cm³/mol. The van der Waals surface area contributed by atoms with Crippen molar-refractivity contribution in [1.82, 2.24) is 5.16 Å². The lowest BCUT2D eigenvalue weighted by atomic mass is 10.2. The number of hydrogen-bond donors (Lipinski definition) is 0. The highest BCUT2D eigenvalue weighted by atomic mass is 16.5. The molecule has 0 saturated heterocycles. The van der Waals surface area contributed by atoms with Crippen LogP contribution >= 0.6 is 0 Å². The Hall–Kier alpha value is -1.31. The van der Waals surface area contributed by atoms with Crippen LogP contribution in [0.4, 0.5) is 0 Å². The largest absolute Gasteiger partial charge is 0.356 e. The van der Waals surface area contributed by atoms with Crippen LogP contribution in [-0.2, 0) is 0 Å². The fourth-order valence-electron chi connectivity index (χ4n) is 0.932. The summed E-state index contributed by atoms with van der Waals surface area (Å²) in [6, 6.07) is 5.88. The minimum Gasteiger partial charge on any atom is -0.356 e. The summed E-state index contributed by atoms with van der Waals surface area (Å²) in [6.07, 6.45) is 2.74. The molecule has 0 atom stereocenters. The van der Waals surface area contributed by atoms with Crippen molar-refractivity contribution in [3.8, 4) is 0 Å². The third-order valence-corrected chi connectivity index (χ3v) is 1.45. The second-order valence-corrected chi connectivity index (χ2v) is 2.29. The summed E-state index contributed by atoms with van der Waals surface area (Å²) in [6.45, 7) is 2.03. The second kappa shape index (κ2) is 1.84. The van der Waals surface area contributed by atoms with E-state index < -0.39 is 0 Å². The van der Waals surface area contributed by atoms with Crippen molar-refractivity contribution in [3.05, 3.63) is 30.0 Å². The molecule has 2 aromatic rings. The number of aromatic nitrogens is 1. The average Bonchev–Trinajstić information content (AvgIpc) is 2.33. The average molecular weight is 132 g/mol. The molecule has 0 spiro atoms. The second-order valence-electron chi connectivity index (χ2n) is 2.29. The van der Waals surface area contributed by atoms with Gasteiger partial charge in [-0.2, -0.15) is 0 Å². The zero-order chi connectivity index (χ0) is 6.97. The molecule has 0 N–H and O–H groups in total. The van der Waals surface area contributed by atoms with Gasteiger partial charge >= 0.3 is 0 Å². The number of hydrogen-bond acceptors (Lipinski definition) is 2. The van der Waals surface area contributed by atoms with E-state index in [-0.39, 0.29) is 0 Å². The summed E-state index contributed by atoms with van der Waals surface area (Å²) in [5, 5.41) is 4.49. The van der Waals surface area contributed by atoms with Gasteiger partial charge in [-0.3, -0.25) is 0 Å². The van der Waals surface area contributed by atoms with Gasteiger partial charge in [0.15, 0.2) is 5.58 Å². The van der Waals surface area contributed by atoms with E-state index >= 15 is 0 Å². The van der Waals surface area contributed by atoms with Crippen molar-refractivity contribution >= 4 is 11.0 Å². The van der Waals surface area contributed by atoms with E-state index in [0.717, 1.165) is 11.0 Å². The lowest BCUT2D eigenvalue weighted by molar-refractivity contribution is 0.454. The van der Waals surface area contributed by atoms with Gasteiger partial charge in [0, 0.05) is 0 Å². The van der Waals surface area contributed by atoms with Crippen LogP contribution in [0.1, 0.15) is 5.56 Å². The molecule has 2 heteroatoms. The first kappa shape index (κ1) is 5.47. The molecule has 1 radical (unpaired) electrons. The number of nitrogens with zero attached hydrogens (tertiary/aromatic N) is 1. The first-order valence-electron chi connectivity index (χ1n) is 3.10. The highest BCUT2D eigenvalue weighted by molar-refractivity contribution is 5.75. The van der Waals surface area contributed by atoms with Crippen LogP contribution in [0.5, 0.6) is 0 Å². The third kappa shape index (κ3) is 0.692. The normalized spacial score (nSPS) is 10.5. The molecule has 49 valence electrons. The molecule has 0 fully saturated rings. The van der Waals surface area contributed by atoms with Gasteiger partial charge < -0.3 is 4.52 Å². The Bertz CT molecular complexity index is 351. The summed E-state index contributed by atoms with van der Waals surface area (Å²) in [5.74, 6) is 0. The Labute approximate surface area is 58.4 Å². The van der Waals surface area contributed by atoms with Crippen molar-refractivity contribution in [2.24, 2.45) is 0 Å². The summed E-state index contributed by atoms with van der Waals surface area (Å²) in [7, 11) is 0. The summed E-state index contributed by atoms with van der Waals surface area (Å²) in [5.41, 5.74) is 2.00. The fraction of sp³-hybridized carbons (Fsp3) is 0.125. The van der Waals surface area contributed by atoms with Crippen molar-refractivity contribution in [1.29, 1.82) is 0 Å². The first-order valence-corrected chi connectivity index (χ1v) is 3.10. The number of benzene rings is 1. The van der Waals surface area contributed by atoms with Crippen LogP contribution in [0.3, 0.4) is 0 Å².